The zero-order valence-corrected chi connectivity index (χ0v) is 18.3. The topological polar surface area (TPSA) is 116 Å². The van der Waals surface area contributed by atoms with Gasteiger partial charge in [0.15, 0.2) is 0 Å². The first-order chi connectivity index (χ1) is 14.2. The number of aryl methyl sites for hydroxylation is 2. The number of carbonyl (C=O) groups is 1. The highest BCUT2D eigenvalue weighted by Crippen LogP contribution is 2.21. The Hall–Kier alpha value is -2.72. The van der Waals surface area contributed by atoms with E-state index in [1.807, 2.05) is 13.0 Å². The van der Waals surface area contributed by atoms with E-state index >= 15 is 0 Å². The molecule has 1 aromatic carbocycles. The molecule has 162 valence electrons. The summed E-state index contributed by atoms with van der Waals surface area (Å²) < 4.78 is 27.8. The lowest BCUT2D eigenvalue weighted by Gasteiger charge is -2.17. The standard InChI is InChI=1S/C20H28N6O3S/c1-14-12-17(24-16(3)27)6-7-18(14)30(28,29)22-9-8-21-20-23-15(2)13-19(25-20)26-10-4-5-11-26/h6-7,12-13,22H,4-5,8-11H2,1-3H3,(H,24,27)(H,21,23,25). The molecule has 0 unspecified atom stereocenters. The van der Waals surface area contributed by atoms with Crippen LogP contribution in [0.3, 0.4) is 0 Å². The minimum atomic E-state index is -3.67. The fourth-order valence-corrected chi connectivity index (χ4v) is 4.66. The predicted octanol–water partition coefficient (Wildman–Crippen LogP) is 2.04. The van der Waals surface area contributed by atoms with Crippen molar-refractivity contribution in [2.75, 3.05) is 41.7 Å². The van der Waals surface area contributed by atoms with Crippen molar-refractivity contribution in [3.63, 3.8) is 0 Å². The molecule has 2 heterocycles. The molecule has 3 rings (SSSR count). The maximum Gasteiger partial charge on any atom is 0.240 e. The second kappa shape index (κ2) is 9.40. The van der Waals surface area contributed by atoms with Gasteiger partial charge in [-0.3, -0.25) is 4.79 Å². The Morgan fingerprint density at radius 3 is 2.50 bits per heavy atom. The molecule has 2 aromatic rings. The van der Waals surface area contributed by atoms with Gasteiger partial charge in [-0.1, -0.05) is 0 Å². The summed E-state index contributed by atoms with van der Waals surface area (Å²) in [6.07, 6.45) is 2.33. The number of carbonyl (C=O) groups excluding carboxylic acids is 1. The summed E-state index contributed by atoms with van der Waals surface area (Å²) in [5.41, 5.74) is 1.98. The Morgan fingerprint density at radius 2 is 1.83 bits per heavy atom. The second-order valence-corrected chi connectivity index (χ2v) is 9.11. The number of nitrogens with zero attached hydrogens (tertiary/aromatic N) is 3. The second-order valence-electron chi connectivity index (χ2n) is 7.37. The number of hydrogen-bond acceptors (Lipinski definition) is 7. The van der Waals surface area contributed by atoms with Crippen LogP contribution >= 0.6 is 0 Å². The first kappa shape index (κ1) is 22.0. The summed E-state index contributed by atoms with van der Waals surface area (Å²) in [7, 11) is -3.67. The summed E-state index contributed by atoms with van der Waals surface area (Å²) in [5.74, 6) is 1.19. The molecule has 3 N–H and O–H groups in total. The fraction of sp³-hybridized carbons (Fsp3) is 0.450. The molecule has 0 bridgehead atoms. The van der Waals surface area contributed by atoms with Gasteiger partial charge in [-0.05, 0) is 50.5 Å². The third kappa shape index (κ3) is 5.67. The van der Waals surface area contributed by atoms with Crippen LogP contribution in [0.1, 0.15) is 31.0 Å². The van der Waals surface area contributed by atoms with E-state index in [9.17, 15) is 13.2 Å². The van der Waals surface area contributed by atoms with Gasteiger partial charge in [-0.25, -0.2) is 18.1 Å². The van der Waals surface area contributed by atoms with E-state index in [1.165, 1.54) is 25.8 Å². The van der Waals surface area contributed by atoms with Crippen LogP contribution in [-0.2, 0) is 14.8 Å². The molecular formula is C20H28N6O3S. The van der Waals surface area contributed by atoms with Crippen LogP contribution < -0.4 is 20.3 Å². The summed E-state index contributed by atoms with van der Waals surface area (Å²) in [6.45, 7) is 7.55. The van der Waals surface area contributed by atoms with Gasteiger partial charge < -0.3 is 15.5 Å². The van der Waals surface area contributed by atoms with Gasteiger partial charge in [-0.2, -0.15) is 4.98 Å². The van der Waals surface area contributed by atoms with E-state index in [4.69, 9.17) is 0 Å². The average molecular weight is 433 g/mol. The predicted molar refractivity (Wildman–Crippen MR) is 117 cm³/mol. The first-order valence-electron chi connectivity index (χ1n) is 9.97. The number of nitrogens with one attached hydrogen (secondary N) is 3. The van der Waals surface area contributed by atoms with Crippen LogP contribution in [0.25, 0.3) is 0 Å². The average Bonchev–Trinajstić information content (AvgIpc) is 3.19. The first-order valence-corrected chi connectivity index (χ1v) is 11.5. The van der Waals surface area contributed by atoms with Crippen molar-refractivity contribution in [1.29, 1.82) is 0 Å². The molecule has 1 amide bonds. The third-order valence-corrected chi connectivity index (χ3v) is 6.38. The molecule has 0 aliphatic carbocycles. The van der Waals surface area contributed by atoms with Gasteiger partial charge in [0, 0.05) is 50.6 Å². The molecule has 0 saturated carbocycles. The van der Waals surface area contributed by atoms with Crippen LogP contribution in [0.4, 0.5) is 17.5 Å². The van der Waals surface area contributed by atoms with Gasteiger partial charge in [0.25, 0.3) is 0 Å². The van der Waals surface area contributed by atoms with E-state index < -0.39 is 10.0 Å². The molecule has 1 aliphatic heterocycles. The number of sulfonamides is 1. The number of amides is 1. The monoisotopic (exact) mass is 432 g/mol. The van der Waals surface area contributed by atoms with E-state index in [1.54, 1.807) is 19.1 Å². The van der Waals surface area contributed by atoms with E-state index in [2.05, 4.69) is 30.2 Å². The Balaban J connectivity index is 1.58. The highest BCUT2D eigenvalue weighted by molar-refractivity contribution is 7.89. The lowest BCUT2D eigenvalue weighted by Crippen LogP contribution is -2.30. The Kier molecular flexibility index (Phi) is 6.88. The number of rotatable bonds is 8. The third-order valence-electron chi connectivity index (χ3n) is 4.76. The lowest BCUT2D eigenvalue weighted by molar-refractivity contribution is -0.114. The molecule has 1 aromatic heterocycles. The lowest BCUT2D eigenvalue weighted by atomic mass is 10.2. The van der Waals surface area contributed by atoms with Crippen molar-refractivity contribution in [1.82, 2.24) is 14.7 Å². The van der Waals surface area contributed by atoms with E-state index in [0.717, 1.165) is 24.6 Å². The smallest absolute Gasteiger partial charge is 0.240 e. The van der Waals surface area contributed by atoms with Crippen LogP contribution in [0.15, 0.2) is 29.2 Å². The Labute approximate surface area is 177 Å². The molecule has 1 fully saturated rings. The van der Waals surface area contributed by atoms with Crippen molar-refractivity contribution >= 4 is 33.4 Å². The maximum atomic E-state index is 12.6. The van der Waals surface area contributed by atoms with Crippen molar-refractivity contribution in [2.24, 2.45) is 0 Å². The molecule has 0 spiro atoms. The molecule has 10 heteroatoms. The molecular weight excluding hydrogens is 404 g/mol. The molecule has 30 heavy (non-hydrogen) atoms. The van der Waals surface area contributed by atoms with Gasteiger partial charge >= 0.3 is 0 Å². The van der Waals surface area contributed by atoms with E-state index in [0.29, 0.717) is 23.7 Å². The largest absolute Gasteiger partial charge is 0.356 e. The van der Waals surface area contributed by atoms with Gasteiger partial charge in [0.05, 0.1) is 4.90 Å². The number of benzene rings is 1. The molecule has 0 atom stereocenters. The summed E-state index contributed by atoms with van der Waals surface area (Å²) >= 11 is 0. The van der Waals surface area contributed by atoms with E-state index in [-0.39, 0.29) is 17.3 Å². The Bertz CT molecular complexity index is 1020. The molecule has 1 saturated heterocycles. The minimum absolute atomic E-state index is 0.180. The quantitative estimate of drug-likeness (QED) is 0.547. The van der Waals surface area contributed by atoms with Crippen molar-refractivity contribution in [3.8, 4) is 0 Å². The zero-order chi connectivity index (χ0) is 21.7. The summed E-state index contributed by atoms with van der Waals surface area (Å²) in [6, 6.07) is 6.66. The normalized spacial score (nSPS) is 14.0. The minimum Gasteiger partial charge on any atom is -0.356 e. The number of aromatic nitrogens is 2. The van der Waals surface area contributed by atoms with Gasteiger partial charge in [0.1, 0.15) is 5.82 Å². The van der Waals surface area contributed by atoms with Crippen LogP contribution in [0.5, 0.6) is 0 Å². The highest BCUT2D eigenvalue weighted by Gasteiger charge is 2.17. The number of hydrogen-bond donors (Lipinski definition) is 3. The molecule has 1 aliphatic rings. The van der Waals surface area contributed by atoms with Gasteiger partial charge in [-0.15, -0.1) is 0 Å². The van der Waals surface area contributed by atoms with Gasteiger partial charge in [0.2, 0.25) is 21.9 Å². The fourth-order valence-electron chi connectivity index (χ4n) is 3.41. The SMILES string of the molecule is CC(=O)Nc1ccc(S(=O)(=O)NCCNc2nc(C)cc(N3CCCC3)n2)c(C)c1. The summed E-state index contributed by atoms with van der Waals surface area (Å²) in [5, 5.41) is 5.74. The molecule has 0 radical (unpaired) electrons. The van der Waals surface area contributed by atoms with Crippen LogP contribution in [0.2, 0.25) is 0 Å². The van der Waals surface area contributed by atoms with Crippen LogP contribution in [0, 0.1) is 13.8 Å². The molecule has 9 nitrogen and oxygen atoms in total. The van der Waals surface area contributed by atoms with Crippen molar-refractivity contribution < 1.29 is 13.2 Å². The Morgan fingerprint density at radius 1 is 1.10 bits per heavy atom. The summed E-state index contributed by atoms with van der Waals surface area (Å²) in [4.78, 5) is 22.5. The van der Waals surface area contributed by atoms with Crippen LogP contribution in [-0.4, -0.2) is 50.5 Å². The van der Waals surface area contributed by atoms with Crippen molar-refractivity contribution in [3.05, 3.63) is 35.5 Å². The van der Waals surface area contributed by atoms with Crippen molar-refractivity contribution in [2.45, 2.75) is 38.5 Å². The highest BCUT2D eigenvalue weighted by atomic mass is 32.2. The zero-order valence-electron chi connectivity index (χ0n) is 17.5. The maximum absolute atomic E-state index is 12.6. The number of anilines is 3.